The number of hydrogen-bond donors (Lipinski definition) is 1. The van der Waals surface area contributed by atoms with E-state index in [1.165, 1.54) is 16.8 Å². The number of Topliss-reactive ketones (excluding diaryl/α,β-unsaturated/α-hetero) is 1. The molecule has 1 aromatic heterocycles. The van der Waals surface area contributed by atoms with E-state index in [1.807, 2.05) is 18.3 Å². The summed E-state index contributed by atoms with van der Waals surface area (Å²) in [5.41, 5.74) is 6.90. The van der Waals surface area contributed by atoms with Gasteiger partial charge in [0.15, 0.2) is 0 Å². The van der Waals surface area contributed by atoms with E-state index < -0.39 is 0 Å². The lowest BCUT2D eigenvalue weighted by atomic mass is 10.0. The zero-order valence-corrected chi connectivity index (χ0v) is 25.4. The molecule has 7 rings (SSSR count). The first-order chi connectivity index (χ1) is 21.1. The third kappa shape index (κ3) is 7.78. The minimum atomic E-state index is 0.353. The smallest absolute Gasteiger partial charge is 0.146 e. The summed E-state index contributed by atoms with van der Waals surface area (Å²) in [5, 5.41) is 3.54. The van der Waals surface area contributed by atoms with Gasteiger partial charge in [0, 0.05) is 88.2 Å². The molecule has 9 heteroatoms. The number of anilines is 1. The summed E-state index contributed by atoms with van der Waals surface area (Å²) in [4.78, 5) is 29.7. The van der Waals surface area contributed by atoms with E-state index in [1.54, 1.807) is 7.11 Å². The number of methoxy groups -OCH3 is 1. The SMILES string of the molecule is COc1ccc2cc1CNCCCCC(=O)CN1CCN(CC1)Cc1cc(ccc1N1CCOCC1)Cc1nccc-2n1. The van der Waals surface area contributed by atoms with Crippen molar-refractivity contribution < 1.29 is 14.3 Å². The number of benzene rings is 2. The van der Waals surface area contributed by atoms with Crippen LogP contribution in [-0.2, 0) is 29.0 Å². The predicted molar refractivity (Wildman–Crippen MR) is 169 cm³/mol. The molecular weight excluding hydrogens is 540 g/mol. The molecule has 4 aliphatic rings. The van der Waals surface area contributed by atoms with Gasteiger partial charge in [-0.1, -0.05) is 12.1 Å². The Morgan fingerprint density at radius 3 is 2.51 bits per heavy atom. The molecule has 0 amide bonds. The Hall–Kier alpha value is -3.37. The maximum atomic E-state index is 12.7. The molecule has 2 fully saturated rings. The van der Waals surface area contributed by atoms with E-state index in [9.17, 15) is 4.79 Å². The molecule has 3 aromatic rings. The fourth-order valence-electron chi connectivity index (χ4n) is 6.36. The first-order valence-corrected chi connectivity index (χ1v) is 15.8. The van der Waals surface area contributed by atoms with E-state index in [-0.39, 0.29) is 0 Å². The molecule has 5 heterocycles. The van der Waals surface area contributed by atoms with Crippen molar-refractivity contribution in [2.45, 2.75) is 38.8 Å². The third-order valence-corrected chi connectivity index (χ3v) is 8.77. The molecule has 2 saturated heterocycles. The largest absolute Gasteiger partial charge is 0.496 e. The van der Waals surface area contributed by atoms with Gasteiger partial charge in [-0.25, -0.2) is 9.97 Å². The highest BCUT2D eigenvalue weighted by Gasteiger charge is 2.22. The molecule has 0 radical (unpaired) electrons. The summed E-state index contributed by atoms with van der Waals surface area (Å²) < 4.78 is 11.3. The van der Waals surface area contributed by atoms with Gasteiger partial charge in [-0.2, -0.15) is 0 Å². The zero-order valence-electron chi connectivity index (χ0n) is 25.4. The quantitative estimate of drug-likeness (QED) is 0.486. The number of nitrogens with one attached hydrogen (secondary N) is 1. The number of carbonyl (C=O) groups excluding carboxylic acids is 1. The number of nitrogens with zero attached hydrogens (tertiary/aromatic N) is 5. The number of aromatic nitrogens is 2. The Balaban J connectivity index is 1.29. The lowest BCUT2D eigenvalue weighted by Gasteiger charge is -2.36. The van der Waals surface area contributed by atoms with Crippen molar-refractivity contribution in [3.63, 3.8) is 0 Å². The lowest BCUT2D eigenvalue weighted by molar-refractivity contribution is -0.120. The predicted octanol–water partition coefficient (Wildman–Crippen LogP) is 3.54. The van der Waals surface area contributed by atoms with Crippen LogP contribution in [0.1, 0.15) is 41.8 Å². The number of morpholine rings is 1. The molecule has 4 aliphatic heterocycles. The molecule has 9 nitrogen and oxygen atoms in total. The van der Waals surface area contributed by atoms with Crippen molar-refractivity contribution in [3.05, 3.63) is 71.2 Å². The van der Waals surface area contributed by atoms with Gasteiger partial charge in [-0.3, -0.25) is 14.6 Å². The lowest BCUT2D eigenvalue weighted by Crippen LogP contribution is -2.47. The van der Waals surface area contributed by atoms with Gasteiger partial charge < -0.3 is 19.7 Å². The molecule has 0 unspecified atom stereocenters. The van der Waals surface area contributed by atoms with E-state index in [4.69, 9.17) is 14.5 Å². The van der Waals surface area contributed by atoms with Crippen LogP contribution in [0.25, 0.3) is 11.3 Å². The highest BCUT2D eigenvalue weighted by molar-refractivity contribution is 5.80. The zero-order chi connectivity index (χ0) is 29.4. The van der Waals surface area contributed by atoms with Crippen molar-refractivity contribution in [1.82, 2.24) is 25.1 Å². The van der Waals surface area contributed by atoms with Gasteiger partial charge in [0.1, 0.15) is 17.4 Å². The van der Waals surface area contributed by atoms with Crippen LogP contribution in [0.2, 0.25) is 0 Å². The third-order valence-electron chi connectivity index (χ3n) is 8.77. The summed E-state index contributed by atoms with van der Waals surface area (Å²) in [6.45, 7) is 10.2. The van der Waals surface area contributed by atoms with Crippen molar-refractivity contribution in [2.24, 2.45) is 0 Å². The van der Waals surface area contributed by atoms with Gasteiger partial charge in [0.05, 0.1) is 32.6 Å². The monoisotopic (exact) mass is 584 g/mol. The van der Waals surface area contributed by atoms with Gasteiger partial charge >= 0.3 is 0 Å². The standard InChI is InChI=1S/C34H44N6O3/c1-42-33-8-6-27-22-28(33)23-35-10-3-2-4-30(41)25-39-14-12-38(13-15-39)24-29-20-26(21-34-36-11-9-31(27)37-34)5-7-32(29)40-16-18-43-19-17-40/h5-9,11,20,22,35H,2-4,10,12-19,21,23-25H2,1H3. The number of rotatable bonds is 2. The average Bonchev–Trinajstić information content (AvgIpc) is 3.04. The minimum Gasteiger partial charge on any atom is -0.496 e. The summed E-state index contributed by atoms with van der Waals surface area (Å²) in [6, 6.07) is 15.1. The molecule has 2 aromatic carbocycles. The molecule has 0 saturated carbocycles. The molecule has 228 valence electrons. The fraction of sp³-hybridized carbons (Fsp3) is 0.500. The first-order valence-electron chi connectivity index (χ1n) is 15.8. The second-order valence-electron chi connectivity index (χ2n) is 11.8. The van der Waals surface area contributed by atoms with Crippen LogP contribution in [0.3, 0.4) is 0 Å². The maximum Gasteiger partial charge on any atom is 0.146 e. The van der Waals surface area contributed by atoms with Gasteiger partial charge in [-0.15, -0.1) is 0 Å². The molecule has 43 heavy (non-hydrogen) atoms. The van der Waals surface area contributed by atoms with Crippen LogP contribution < -0.4 is 15.0 Å². The van der Waals surface area contributed by atoms with Crippen molar-refractivity contribution in [1.29, 1.82) is 0 Å². The molecule has 0 spiro atoms. The normalized spacial score (nSPS) is 22.3. The van der Waals surface area contributed by atoms with Crippen LogP contribution in [-0.4, -0.2) is 98.2 Å². The van der Waals surface area contributed by atoms with Crippen LogP contribution in [0.15, 0.2) is 48.7 Å². The number of ketones is 1. The van der Waals surface area contributed by atoms with Crippen molar-refractivity contribution >= 4 is 11.5 Å². The second kappa shape index (κ2) is 14.4. The number of carbonyl (C=O) groups is 1. The van der Waals surface area contributed by atoms with Gasteiger partial charge in [0.2, 0.25) is 0 Å². The summed E-state index contributed by atoms with van der Waals surface area (Å²) in [7, 11) is 1.71. The number of hydrogen-bond acceptors (Lipinski definition) is 9. The summed E-state index contributed by atoms with van der Waals surface area (Å²) >= 11 is 0. The first kappa shape index (κ1) is 29.7. The van der Waals surface area contributed by atoms with Gasteiger partial charge in [-0.05, 0) is 60.8 Å². The Morgan fingerprint density at radius 2 is 1.70 bits per heavy atom. The number of piperazine rings is 1. The van der Waals surface area contributed by atoms with E-state index in [2.05, 4.69) is 55.3 Å². The molecule has 1 N–H and O–H groups in total. The number of ether oxygens (including phenoxy) is 2. The fourth-order valence-corrected chi connectivity index (χ4v) is 6.36. The number of fused-ring (bicyclic) bond motifs is 9. The van der Waals surface area contributed by atoms with Gasteiger partial charge in [0.25, 0.3) is 0 Å². The molecule has 0 atom stereocenters. The maximum absolute atomic E-state index is 12.7. The summed E-state index contributed by atoms with van der Waals surface area (Å²) in [6.07, 6.45) is 5.07. The Kier molecular flexibility index (Phi) is 9.94. The topological polar surface area (TPSA) is 83.1 Å². The van der Waals surface area contributed by atoms with Crippen molar-refractivity contribution in [2.75, 3.05) is 77.6 Å². The van der Waals surface area contributed by atoms with E-state index in [0.29, 0.717) is 31.7 Å². The van der Waals surface area contributed by atoms with Crippen LogP contribution in [0.5, 0.6) is 5.75 Å². The van der Waals surface area contributed by atoms with Crippen LogP contribution in [0, 0.1) is 0 Å². The van der Waals surface area contributed by atoms with Crippen LogP contribution >= 0.6 is 0 Å². The molecule has 8 bridgehead atoms. The molecule has 0 aliphatic carbocycles. The Labute approximate surface area is 255 Å². The highest BCUT2D eigenvalue weighted by Crippen LogP contribution is 2.28. The van der Waals surface area contributed by atoms with Crippen molar-refractivity contribution in [3.8, 4) is 17.0 Å². The average molecular weight is 585 g/mol. The van der Waals surface area contributed by atoms with E-state index in [0.717, 1.165) is 107 Å². The second-order valence-corrected chi connectivity index (χ2v) is 11.8. The van der Waals surface area contributed by atoms with E-state index >= 15 is 0 Å². The summed E-state index contributed by atoms with van der Waals surface area (Å²) in [5.74, 6) is 2.03. The Morgan fingerprint density at radius 1 is 0.884 bits per heavy atom. The highest BCUT2D eigenvalue weighted by atomic mass is 16.5. The Bertz CT molecular complexity index is 1380. The molecular formula is C34H44N6O3. The van der Waals surface area contributed by atoms with Crippen LogP contribution in [0.4, 0.5) is 5.69 Å². The minimum absolute atomic E-state index is 0.353.